The second-order valence-corrected chi connectivity index (χ2v) is 8.50. The Kier molecular flexibility index (Phi) is 5.85. The second kappa shape index (κ2) is 8.69. The minimum atomic E-state index is 0.133. The molecule has 1 fully saturated rings. The highest BCUT2D eigenvalue weighted by Crippen LogP contribution is 2.34. The van der Waals surface area contributed by atoms with Crippen LogP contribution in [0.3, 0.4) is 0 Å². The van der Waals surface area contributed by atoms with Crippen molar-refractivity contribution in [2.75, 3.05) is 18.4 Å². The molecule has 7 heteroatoms. The number of piperidine rings is 1. The zero-order valence-electron chi connectivity index (χ0n) is 16.7. The zero-order valence-corrected chi connectivity index (χ0v) is 17.5. The summed E-state index contributed by atoms with van der Waals surface area (Å²) >= 11 is 1.50. The average molecular weight is 408 g/mol. The van der Waals surface area contributed by atoms with Crippen molar-refractivity contribution >= 4 is 23.2 Å². The summed E-state index contributed by atoms with van der Waals surface area (Å²) in [6.07, 6.45) is 5.43. The molecule has 1 saturated heterocycles. The van der Waals surface area contributed by atoms with E-state index in [0.29, 0.717) is 5.95 Å². The van der Waals surface area contributed by atoms with Crippen LogP contribution in [0.15, 0.2) is 48.1 Å². The van der Waals surface area contributed by atoms with E-state index in [0.717, 1.165) is 47.8 Å². The number of pyridine rings is 1. The van der Waals surface area contributed by atoms with Gasteiger partial charge in [0.05, 0.1) is 16.3 Å². The number of hydrogen-bond donors (Lipinski definition) is 1. The molecule has 0 unspecified atom stereocenters. The number of carbonyl (C=O) groups excluding carboxylic acids is 1. The fourth-order valence-electron chi connectivity index (χ4n) is 3.67. The molecule has 1 aliphatic heterocycles. The second-order valence-electron chi connectivity index (χ2n) is 7.55. The number of anilines is 1. The van der Waals surface area contributed by atoms with Crippen LogP contribution in [-0.2, 0) is 0 Å². The molecule has 4 heterocycles. The molecule has 150 valence electrons. The third kappa shape index (κ3) is 4.45. The molecule has 3 aromatic rings. The first-order valence-corrected chi connectivity index (χ1v) is 10.9. The number of carbonyl (C=O) groups is 1. The topological polar surface area (TPSA) is 71.0 Å². The summed E-state index contributed by atoms with van der Waals surface area (Å²) in [4.78, 5) is 29.3. The van der Waals surface area contributed by atoms with Gasteiger partial charge in [0.25, 0.3) is 5.91 Å². The predicted octanol–water partition coefficient (Wildman–Crippen LogP) is 4.44. The van der Waals surface area contributed by atoms with E-state index in [1.54, 1.807) is 6.20 Å². The maximum absolute atomic E-state index is 12.7. The van der Waals surface area contributed by atoms with Crippen molar-refractivity contribution in [3.8, 4) is 11.3 Å². The van der Waals surface area contributed by atoms with Gasteiger partial charge in [-0.25, -0.2) is 9.97 Å². The number of rotatable bonds is 5. The van der Waals surface area contributed by atoms with Gasteiger partial charge in [0.2, 0.25) is 5.95 Å². The number of nitrogens with zero attached hydrogens (tertiary/aromatic N) is 4. The molecule has 0 aliphatic carbocycles. The normalized spacial score (nSPS) is 14.9. The minimum Gasteiger partial charge on any atom is -0.352 e. The quantitative estimate of drug-likeness (QED) is 0.677. The SMILES string of the molecule is CC(C)Nc1ncc(-c2ccccn2)c(C2CCN(C(=O)c3cccs3)CC2)n1. The summed E-state index contributed by atoms with van der Waals surface area (Å²) in [6, 6.07) is 9.96. The molecule has 1 aliphatic rings. The van der Waals surface area contributed by atoms with Crippen molar-refractivity contribution in [3.05, 3.63) is 58.7 Å². The molecule has 29 heavy (non-hydrogen) atoms. The third-order valence-corrected chi connectivity index (χ3v) is 5.94. The Labute approximate surface area is 175 Å². The Balaban J connectivity index is 1.57. The number of amides is 1. The fraction of sp³-hybridized carbons (Fsp3) is 0.364. The third-order valence-electron chi connectivity index (χ3n) is 5.08. The molecule has 0 radical (unpaired) electrons. The molecule has 0 atom stereocenters. The van der Waals surface area contributed by atoms with Crippen LogP contribution < -0.4 is 5.32 Å². The lowest BCUT2D eigenvalue weighted by molar-refractivity contribution is 0.0717. The van der Waals surface area contributed by atoms with E-state index in [-0.39, 0.29) is 17.9 Å². The Bertz CT molecular complexity index is 951. The first-order chi connectivity index (χ1) is 14.1. The van der Waals surface area contributed by atoms with Gasteiger partial charge in [0.1, 0.15) is 0 Å². The van der Waals surface area contributed by atoms with Crippen molar-refractivity contribution in [2.24, 2.45) is 0 Å². The standard InChI is InChI=1S/C22H25N5OS/c1-15(2)25-22-24-14-17(18-6-3-4-10-23-18)20(26-22)16-8-11-27(12-9-16)21(28)19-7-5-13-29-19/h3-7,10,13-16H,8-9,11-12H2,1-2H3,(H,24,25,26). The lowest BCUT2D eigenvalue weighted by Crippen LogP contribution is -2.37. The smallest absolute Gasteiger partial charge is 0.263 e. The van der Waals surface area contributed by atoms with E-state index in [1.165, 1.54) is 11.3 Å². The van der Waals surface area contributed by atoms with Crippen LogP contribution in [0, 0.1) is 0 Å². The first-order valence-electron chi connectivity index (χ1n) is 9.99. The number of nitrogens with one attached hydrogen (secondary N) is 1. The number of thiophene rings is 1. The van der Waals surface area contributed by atoms with Gasteiger partial charge >= 0.3 is 0 Å². The highest BCUT2D eigenvalue weighted by atomic mass is 32.1. The summed E-state index contributed by atoms with van der Waals surface area (Å²) < 4.78 is 0. The Morgan fingerprint density at radius 2 is 2.00 bits per heavy atom. The monoisotopic (exact) mass is 407 g/mol. The van der Waals surface area contributed by atoms with Crippen LogP contribution in [0.25, 0.3) is 11.3 Å². The lowest BCUT2D eigenvalue weighted by atomic mass is 9.90. The molecule has 0 saturated carbocycles. The van der Waals surface area contributed by atoms with E-state index >= 15 is 0 Å². The van der Waals surface area contributed by atoms with Crippen molar-refractivity contribution in [3.63, 3.8) is 0 Å². The number of likely N-dealkylation sites (tertiary alicyclic amines) is 1. The van der Waals surface area contributed by atoms with E-state index in [9.17, 15) is 4.79 Å². The molecule has 1 N–H and O–H groups in total. The van der Waals surface area contributed by atoms with Crippen LogP contribution in [-0.4, -0.2) is 44.9 Å². The van der Waals surface area contributed by atoms with Crippen molar-refractivity contribution in [1.82, 2.24) is 19.9 Å². The molecule has 4 rings (SSSR count). The Hall–Kier alpha value is -2.80. The molecule has 0 aromatic carbocycles. The Morgan fingerprint density at radius 1 is 1.17 bits per heavy atom. The Morgan fingerprint density at radius 3 is 2.66 bits per heavy atom. The van der Waals surface area contributed by atoms with Gasteiger partial charge in [-0.2, -0.15) is 0 Å². The van der Waals surface area contributed by atoms with Gasteiger partial charge in [-0.05, 0) is 50.3 Å². The van der Waals surface area contributed by atoms with Crippen LogP contribution in [0.2, 0.25) is 0 Å². The summed E-state index contributed by atoms with van der Waals surface area (Å²) in [5.41, 5.74) is 2.88. The van der Waals surface area contributed by atoms with Crippen molar-refractivity contribution < 1.29 is 4.79 Å². The summed E-state index contributed by atoms with van der Waals surface area (Å²) in [6.45, 7) is 5.62. The average Bonchev–Trinajstić information content (AvgIpc) is 3.28. The van der Waals surface area contributed by atoms with Crippen molar-refractivity contribution in [1.29, 1.82) is 0 Å². The fourth-order valence-corrected chi connectivity index (χ4v) is 4.36. The van der Waals surface area contributed by atoms with E-state index in [4.69, 9.17) is 4.98 Å². The van der Waals surface area contributed by atoms with Gasteiger partial charge in [-0.15, -0.1) is 11.3 Å². The predicted molar refractivity (Wildman–Crippen MR) is 116 cm³/mol. The maximum Gasteiger partial charge on any atom is 0.263 e. The highest BCUT2D eigenvalue weighted by molar-refractivity contribution is 7.12. The van der Waals surface area contributed by atoms with E-state index < -0.39 is 0 Å². The molecule has 0 spiro atoms. The van der Waals surface area contributed by atoms with Crippen LogP contribution in [0.5, 0.6) is 0 Å². The lowest BCUT2D eigenvalue weighted by Gasteiger charge is -2.32. The van der Waals surface area contributed by atoms with E-state index in [1.807, 2.05) is 46.8 Å². The van der Waals surface area contributed by atoms with Crippen LogP contribution >= 0.6 is 11.3 Å². The highest BCUT2D eigenvalue weighted by Gasteiger charge is 2.28. The van der Waals surface area contributed by atoms with Crippen LogP contribution in [0.1, 0.15) is 48.0 Å². The first kappa shape index (κ1) is 19.5. The summed E-state index contributed by atoms with van der Waals surface area (Å²) in [7, 11) is 0. The molecular weight excluding hydrogens is 382 g/mol. The van der Waals surface area contributed by atoms with Gasteiger partial charge in [-0.1, -0.05) is 12.1 Å². The zero-order chi connectivity index (χ0) is 20.2. The van der Waals surface area contributed by atoms with Gasteiger partial charge in [-0.3, -0.25) is 9.78 Å². The number of hydrogen-bond acceptors (Lipinski definition) is 6. The molecule has 0 bridgehead atoms. The largest absolute Gasteiger partial charge is 0.352 e. The summed E-state index contributed by atoms with van der Waals surface area (Å²) in [5.74, 6) is 1.05. The van der Waals surface area contributed by atoms with Crippen molar-refractivity contribution in [2.45, 2.75) is 38.6 Å². The maximum atomic E-state index is 12.7. The van der Waals surface area contributed by atoms with Crippen LogP contribution in [0.4, 0.5) is 5.95 Å². The molecular formula is C22H25N5OS. The molecule has 6 nitrogen and oxygen atoms in total. The minimum absolute atomic E-state index is 0.133. The number of aromatic nitrogens is 3. The molecule has 3 aromatic heterocycles. The van der Waals surface area contributed by atoms with Gasteiger partial charge < -0.3 is 10.2 Å². The van der Waals surface area contributed by atoms with Gasteiger partial charge in [0.15, 0.2) is 0 Å². The van der Waals surface area contributed by atoms with Gasteiger partial charge in [0, 0.05) is 43.0 Å². The molecule has 1 amide bonds. The van der Waals surface area contributed by atoms with E-state index in [2.05, 4.69) is 29.1 Å². The summed E-state index contributed by atoms with van der Waals surface area (Å²) in [5, 5.41) is 5.25.